The molecule has 5 heteroatoms. The van der Waals surface area contributed by atoms with Crippen LogP contribution in [0.4, 0.5) is 0 Å². The molecule has 0 aromatic rings. The van der Waals surface area contributed by atoms with E-state index in [0.29, 0.717) is 19.1 Å². The van der Waals surface area contributed by atoms with Gasteiger partial charge in [-0.3, -0.25) is 0 Å². The molecular formula is C8H16N2O2S. The van der Waals surface area contributed by atoms with Gasteiger partial charge in [-0.1, -0.05) is 0 Å². The topological polar surface area (TPSA) is 49.4 Å². The molecule has 1 atom stereocenters. The minimum atomic E-state index is -3.00. The SMILES string of the molecule is CC1CNCCN(C2CC2)S1(=O)=O. The van der Waals surface area contributed by atoms with Gasteiger partial charge in [-0.05, 0) is 19.8 Å². The number of nitrogens with zero attached hydrogens (tertiary/aromatic N) is 1. The Morgan fingerprint density at radius 3 is 2.69 bits per heavy atom. The van der Waals surface area contributed by atoms with Crippen molar-refractivity contribution in [1.82, 2.24) is 9.62 Å². The molecule has 1 saturated carbocycles. The summed E-state index contributed by atoms with van der Waals surface area (Å²) in [5, 5.41) is 2.88. The summed E-state index contributed by atoms with van der Waals surface area (Å²) in [6, 6.07) is 0.312. The highest BCUT2D eigenvalue weighted by molar-refractivity contribution is 7.89. The fourth-order valence-corrected chi connectivity index (χ4v) is 3.47. The molecule has 1 unspecified atom stereocenters. The zero-order valence-corrected chi connectivity index (χ0v) is 8.68. The van der Waals surface area contributed by atoms with Crippen molar-refractivity contribution in [2.24, 2.45) is 0 Å². The van der Waals surface area contributed by atoms with Crippen LogP contribution in [0.15, 0.2) is 0 Å². The van der Waals surface area contributed by atoms with Crippen molar-refractivity contribution in [3.63, 3.8) is 0 Å². The van der Waals surface area contributed by atoms with Crippen molar-refractivity contribution in [2.45, 2.75) is 31.1 Å². The van der Waals surface area contributed by atoms with Crippen molar-refractivity contribution in [3.8, 4) is 0 Å². The van der Waals surface area contributed by atoms with Crippen molar-refractivity contribution in [1.29, 1.82) is 0 Å². The van der Waals surface area contributed by atoms with E-state index in [1.165, 1.54) is 0 Å². The molecule has 1 N–H and O–H groups in total. The maximum absolute atomic E-state index is 11.9. The summed E-state index contributed by atoms with van der Waals surface area (Å²) in [7, 11) is -3.00. The number of rotatable bonds is 1. The van der Waals surface area contributed by atoms with E-state index in [1.54, 1.807) is 11.2 Å². The Kier molecular flexibility index (Phi) is 2.33. The molecule has 2 fully saturated rings. The Labute approximate surface area is 79.4 Å². The van der Waals surface area contributed by atoms with Gasteiger partial charge in [-0.15, -0.1) is 0 Å². The second-order valence-electron chi connectivity index (χ2n) is 3.90. The maximum Gasteiger partial charge on any atom is 0.218 e. The van der Waals surface area contributed by atoms with E-state index in [1.807, 2.05) is 0 Å². The Bertz CT molecular complexity index is 285. The number of hydrogen-bond acceptors (Lipinski definition) is 3. The summed E-state index contributed by atoms with van der Waals surface area (Å²) in [4.78, 5) is 0. The van der Waals surface area contributed by atoms with Crippen LogP contribution in [0, 0.1) is 0 Å². The summed E-state index contributed by atoms with van der Waals surface area (Å²) < 4.78 is 25.5. The van der Waals surface area contributed by atoms with Crippen LogP contribution in [-0.2, 0) is 10.0 Å². The Morgan fingerprint density at radius 1 is 1.38 bits per heavy atom. The highest BCUT2D eigenvalue weighted by Crippen LogP contribution is 2.30. The lowest BCUT2D eigenvalue weighted by Gasteiger charge is -2.21. The molecule has 0 aromatic heterocycles. The second kappa shape index (κ2) is 3.22. The first-order valence-electron chi connectivity index (χ1n) is 4.84. The summed E-state index contributed by atoms with van der Waals surface area (Å²) in [6.45, 7) is 3.81. The van der Waals surface area contributed by atoms with E-state index < -0.39 is 10.0 Å². The molecule has 0 spiro atoms. The second-order valence-corrected chi connectivity index (χ2v) is 6.21. The molecule has 0 amide bonds. The van der Waals surface area contributed by atoms with Gasteiger partial charge in [-0.2, -0.15) is 4.31 Å². The Balaban J connectivity index is 2.22. The van der Waals surface area contributed by atoms with Crippen LogP contribution in [0.1, 0.15) is 19.8 Å². The molecule has 2 rings (SSSR count). The lowest BCUT2D eigenvalue weighted by atomic mass is 10.4. The molecule has 0 bridgehead atoms. The quantitative estimate of drug-likeness (QED) is 0.642. The zero-order valence-electron chi connectivity index (χ0n) is 7.86. The zero-order chi connectivity index (χ0) is 9.47. The maximum atomic E-state index is 11.9. The number of nitrogens with one attached hydrogen (secondary N) is 1. The highest BCUT2D eigenvalue weighted by atomic mass is 32.2. The van der Waals surface area contributed by atoms with Crippen LogP contribution in [0.3, 0.4) is 0 Å². The van der Waals surface area contributed by atoms with Gasteiger partial charge in [-0.25, -0.2) is 8.42 Å². The third-order valence-corrected chi connectivity index (χ3v) is 5.05. The third kappa shape index (κ3) is 1.73. The first-order chi connectivity index (χ1) is 6.12. The van der Waals surface area contributed by atoms with Gasteiger partial charge >= 0.3 is 0 Å². The monoisotopic (exact) mass is 204 g/mol. The average molecular weight is 204 g/mol. The van der Waals surface area contributed by atoms with Gasteiger partial charge in [0.15, 0.2) is 0 Å². The average Bonchev–Trinajstić information content (AvgIpc) is 2.84. The first-order valence-corrected chi connectivity index (χ1v) is 6.34. The molecular weight excluding hydrogens is 188 g/mol. The normalized spacial score (nSPS) is 35.6. The smallest absolute Gasteiger partial charge is 0.218 e. The van der Waals surface area contributed by atoms with Crippen LogP contribution >= 0.6 is 0 Å². The van der Waals surface area contributed by atoms with Crippen molar-refractivity contribution < 1.29 is 8.42 Å². The third-order valence-electron chi connectivity index (χ3n) is 2.73. The van der Waals surface area contributed by atoms with Crippen LogP contribution in [0.25, 0.3) is 0 Å². The van der Waals surface area contributed by atoms with Crippen LogP contribution in [0.5, 0.6) is 0 Å². The Hall–Kier alpha value is -0.130. The largest absolute Gasteiger partial charge is 0.314 e. The summed E-state index contributed by atoms with van der Waals surface area (Å²) >= 11 is 0. The van der Waals surface area contributed by atoms with E-state index in [9.17, 15) is 8.42 Å². The molecule has 4 nitrogen and oxygen atoms in total. The van der Waals surface area contributed by atoms with Gasteiger partial charge in [0.1, 0.15) is 0 Å². The minimum Gasteiger partial charge on any atom is -0.314 e. The molecule has 1 saturated heterocycles. The van der Waals surface area contributed by atoms with Gasteiger partial charge < -0.3 is 5.32 Å². The van der Waals surface area contributed by atoms with Crippen molar-refractivity contribution in [2.75, 3.05) is 19.6 Å². The predicted octanol–water partition coefficient (Wildman–Crippen LogP) is -0.228. The van der Waals surface area contributed by atoms with Crippen molar-refractivity contribution >= 4 is 10.0 Å². The standard InChI is InChI=1S/C8H16N2O2S/c1-7-6-9-4-5-10(8-2-3-8)13(7,11)12/h7-9H,2-6H2,1H3. The van der Waals surface area contributed by atoms with E-state index >= 15 is 0 Å². The minimum absolute atomic E-state index is 0.268. The van der Waals surface area contributed by atoms with Crippen molar-refractivity contribution in [3.05, 3.63) is 0 Å². The Morgan fingerprint density at radius 2 is 2.08 bits per heavy atom. The number of sulfonamides is 1. The first kappa shape index (κ1) is 9.43. The van der Waals surface area contributed by atoms with E-state index in [-0.39, 0.29) is 5.25 Å². The number of hydrogen-bond donors (Lipinski definition) is 1. The van der Waals surface area contributed by atoms with E-state index in [4.69, 9.17) is 0 Å². The van der Waals surface area contributed by atoms with Gasteiger partial charge in [0.2, 0.25) is 10.0 Å². The molecule has 1 aliphatic heterocycles. The van der Waals surface area contributed by atoms with E-state index in [0.717, 1.165) is 19.4 Å². The van der Waals surface area contributed by atoms with Gasteiger partial charge in [0.25, 0.3) is 0 Å². The summed E-state index contributed by atoms with van der Waals surface area (Å²) in [5.41, 5.74) is 0. The van der Waals surface area contributed by atoms with Gasteiger partial charge in [0.05, 0.1) is 5.25 Å². The molecule has 13 heavy (non-hydrogen) atoms. The predicted molar refractivity (Wildman–Crippen MR) is 51.0 cm³/mol. The molecule has 1 aliphatic carbocycles. The molecule has 2 aliphatic rings. The highest BCUT2D eigenvalue weighted by Gasteiger charge is 2.40. The molecule has 0 radical (unpaired) electrons. The van der Waals surface area contributed by atoms with Crippen LogP contribution in [-0.4, -0.2) is 43.6 Å². The lowest BCUT2D eigenvalue weighted by molar-refractivity contribution is 0.410. The molecule has 0 aromatic carbocycles. The fourth-order valence-electron chi connectivity index (χ4n) is 1.71. The molecule has 76 valence electrons. The van der Waals surface area contributed by atoms with Crippen LogP contribution in [0.2, 0.25) is 0 Å². The van der Waals surface area contributed by atoms with Gasteiger partial charge in [0, 0.05) is 25.7 Å². The summed E-state index contributed by atoms with van der Waals surface area (Å²) in [5.74, 6) is 0. The van der Waals surface area contributed by atoms with E-state index in [2.05, 4.69) is 5.32 Å². The molecule has 1 heterocycles. The fraction of sp³-hybridized carbons (Fsp3) is 1.00. The summed E-state index contributed by atoms with van der Waals surface area (Å²) in [6.07, 6.45) is 2.10. The van der Waals surface area contributed by atoms with Crippen LogP contribution < -0.4 is 5.32 Å². The lowest BCUT2D eigenvalue weighted by Crippen LogP contribution is -2.39.